The van der Waals surface area contributed by atoms with Gasteiger partial charge in [0.05, 0.1) is 17.8 Å². The third-order valence-corrected chi connectivity index (χ3v) is 4.31. The van der Waals surface area contributed by atoms with Gasteiger partial charge in [0.25, 0.3) is 0 Å². The van der Waals surface area contributed by atoms with E-state index >= 15 is 0 Å². The molecule has 0 amide bonds. The molecule has 0 aromatic rings. The first-order valence-corrected chi connectivity index (χ1v) is 7.53. The van der Waals surface area contributed by atoms with E-state index in [-0.39, 0.29) is 29.5 Å². The maximum Gasteiger partial charge on any atom is 0.303 e. The van der Waals surface area contributed by atoms with Crippen molar-refractivity contribution in [3.63, 3.8) is 0 Å². The Kier molecular flexibility index (Phi) is 5.25. The molecule has 0 aliphatic carbocycles. The highest BCUT2D eigenvalue weighted by Crippen LogP contribution is 2.44. The zero-order chi connectivity index (χ0) is 15.7. The molecule has 4 atom stereocenters. The zero-order valence-electron chi connectivity index (χ0n) is 13.6. The molecule has 4 unspecified atom stereocenters. The molecule has 1 aliphatic rings. The Morgan fingerprint density at radius 3 is 2.20 bits per heavy atom. The second-order valence-electron chi connectivity index (χ2n) is 7.86. The van der Waals surface area contributed by atoms with Gasteiger partial charge in [-0.15, -0.1) is 0 Å². The minimum Gasteiger partial charge on any atom is -0.481 e. The van der Waals surface area contributed by atoms with E-state index in [0.717, 1.165) is 6.42 Å². The van der Waals surface area contributed by atoms with Crippen LogP contribution in [-0.4, -0.2) is 34.0 Å². The van der Waals surface area contributed by atoms with E-state index in [4.69, 9.17) is 9.84 Å². The van der Waals surface area contributed by atoms with Gasteiger partial charge in [-0.3, -0.25) is 4.79 Å². The average Bonchev–Trinajstić information content (AvgIpc) is 2.91. The highest BCUT2D eigenvalue weighted by molar-refractivity contribution is 5.66. The monoisotopic (exact) mass is 286 g/mol. The first-order valence-electron chi connectivity index (χ1n) is 7.53. The van der Waals surface area contributed by atoms with Crippen molar-refractivity contribution in [2.45, 2.75) is 78.6 Å². The molecular weight excluding hydrogens is 256 g/mol. The molecule has 0 bridgehead atoms. The van der Waals surface area contributed by atoms with E-state index in [1.165, 1.54) is 0 Å². The Balaban J connectivity index is 2.65. The average molecular weight is 286 g/mol. The van der Waals surface area contributed by atoms with E-state index in [1.54, 1.807) is 0 Å². The molecule has 0 saturated carbocycles. The SMILES string of the molecule is CC(CC(CCC(=O)O)C(O)C(C)(C)C)C1OC1(C)C. The van der Waals surface area contributed by atoms with Gasteiger partial charge >= 0.3 is 5.97 Å². The van der Waals surface area contributed by atoms with Crippen LogP contribution in [0.1, 0.15) is 60.8 Å². The number of aliphatic hydroxyl groups is 1. The lowest BCUT2D eigenvalue weighted by atomic mass is 9.75. The van der Waals surface area contributed by atoms with Gasteiger partial charge in [-0.2, -0.15) is 0 Å². The van der Waals surface area contributed by atoms with Crippen LogP contribution in [0.25, 0.3) is 0 Å². The molecular formula is C16H30O4. The fourth-order valence-electron chi connectivity index (χ4n) is 3.12. The lowest BCUT2D eigenvalue weighted by Crippen LogP contribution is -2.35. The molecule has 0 radical (unpaired) electrons. The van der Waals surface area contributed by atoms with E-state index in [2.05, 4.69) is 20.8 Å². The number of aliphatic hydroxyl groups excluding tert-OH is 1. The number of ether oxygens (including phenoxy) is 1. The quantitative estimate of drug-likeness (QED) is 0.706. The number of carboxylic acids is 1. The number of epoxide rings is 1. The van der Waals surface area contributed by atoms with Gasteiger partial charge in [0.1, 0.15) is 0 Å². The van der Waals surface area contributed by atoms with Gasteiger partial charge in [-0.05, 0) is 43.9 Å². The molecule has 118 valence electrons. The smallest absolute Gasteiger partial charge is 0.303 e. The van der Waals surface area contributed by atoms with Crippen molar-refractivity contribution < 1.29 is 19.7 Å². The molecule has 1 saturated heterocycles. The summed E-state index contributed by atoms with van der Waals surface area (Å²) in [5, 5.41) is 19.4. The van der Waals surface area contributed by atoms with Gasteiger partial charge in [0, 0.05) is 6.42 Å². The van der Waals surface area contributed by atoms with Crippen LogP contribution < -0.4 is 0 Å². The van der Waals surface area contributed by atoms with E-state index in [0.29, 0.717) is 12.3 Å². The minimum absolute atomic E-state index is 0.00102. The topological polar surface area (TPSA) is 70.1 Å². The van der Waals surface area contributed by atoms with E-state index in [9.17, 15) is 9.90 Å². The molecule has 20 heavy (non-hydrogen) atoms. The highest BCUT2D eigenvalue weighted by Gasteiger charge is 2.51. The van der Waals surface area contributed by atoms with Crippen LogP contribution in [0.4, 0.5) is 0 Å². The number of rotatable bonds is 7. The number of carbonyl (C=O) groups is 1. The summed E-state index contributed by atoms with van der Waals surface area (Å²) in [6.07, 6.45) is 1.16. The molecule has 2 N–H and O–H groups in total. The van der Waals surface area contributed by atoms with Crippen LogP contribution in [0.15, 0.2) is 0 Å². The Labute approximate surface area is 122 Å². The summed E-state index contributed by atoms with van der Waals surface area (Å²) in [4.78, 5) is 10.8. The van der Waals surface area contributed by atoms with E-state index in [1.807, 2.05) is 20.8 Å². The van der Waals surface area contributed by atoms with Gasteiger partial charge in [0.2, 0.25) is 0 Å². The molecule has 0 aromatic heterocycles. The third kappa shape index (κ3) is 4.74. The summed E-state index contributed by atoms with van der Waals surface area (Å²) in [6, 6.07) is 0. The van der Waals surface area contributed by atoms with Crippen molar-refractivity contribution in [3.8, 4) is 0 Å². The van der Waals surface area contributed by atoms with Crippen molar-refractivity contribution in [2.75, 3.05) is 0 Å². The largest absolute Gasteiger partial charge is 0.481 e. The molecule has 1 rings (SSSR count). The number of hydrogen-bond donors (Lipinski definition) is 2. The van der Waals surface area contributed by atoms with Crippen LogP contribution in [0, 0.1) is 17.3 Å². The molecule has 4 nitrogen and oxygen atoms in total. The summed E-state index contributed by atoms with van der Waals surface area (Å²) in [5.74, 6) is -0.464. The highest BCUT2D eigenvalue weighted by atomic mass is 16.6. The summed E-state index contributed by atoms with van der Waals surface area (Å²) in [7, 11) is 0. The maximum absolute atomic E-state index is 10.8. The summed E-state index contributed by atoms with van der Waals surface area (Å²) >= 11 is 0. The third-order valence-electron chi connectivity index (χ3n) is 4.31. The van der Waals surface area contributed by atoms with Crippen LogP contribution >= 0.6 is 0 Å². The standard InChI is InChI=1S/C16H30O4/c1-10(14-16(5,6)20-14)9-11(7-8-12(17)18)13(19)15(2,3)4/h10-11,13-14,19H,7-9H2,1-6H3,(H,17,18). The predicted molar refractivity (Wildman–Crippen MR) is 78.6 cm³/mol. The minimum atomic E-state index is -0.799. The van der Waals surface area contributed by atoms with Crippen molar-refractivity contribution in [3.05, 3.63) is 0 Å². The number of carboxylic acid groups (broad SMARTS) is 1. The Morgan fingerprint density at radius 2 is 1.85 bits per heavy atom. The molecule has 0 aromatic carbocycles. The molecule has 1 aliphatic heterocycles. The second kappa shape index (κ2) is 6.02. The van der Waals surface area contributed by atoms with Crippen molar-refractivity contribution >= 4 is 5.97 Å². The normalized spacial score (nSPS) is 25.9. The molecule has 1 heterocycles. The van der Waals surface area contributed by atoms with Crippen molar-refractivity contribution in [2.24, 2.45) is 17.3 Å². The summed E-state index contributed by atoms with van der Waals surface area (Å²) < 4.78 is 5.66. The summed E-state index contributed by atoms with van der Waals surface area (Å²) in [5.41, 5.74) is -0.299. The zero-order valence-corrected chi connectivity index (χ0v) is 13.6. The van der Waals surface area contributed by atoms with Gasteiger partial charge in [-0.1, -0.05) is 27.7 Å². The molecule has 4 heteroatoms. The number of hydrogen-bond acceptors (Lipinski definition) is 3. The Bertz CT molecular complexity index is 343. The first kappa shape index (κ1) is 17.4. The van der Waals surface area contributed by atoms with Crippen LogP contribution in [0.2, 0.25) is 0 Å². The van der Waals surface area contributed by atoms with Gasteiger partial charge < -0.3 is 14.9 Å². The van der Waals surface area contributed by atoms with Crippen LogP contribution in [0.5, 0.6) is 0 Å². The predicted octanol–water partition coefficient (Wildman–Crippen LogP) is 3.08. The molecule has 0 spiro atoms. The summed E-state index contributed by atoms with van der Waals surface area (Å²) in [6.45, 7) is 12.2. The fraction of sp³-hybridized carbons (Fsp3) is 0.938. The van der Waals surface area contributed by atoms with Crippen LogP contribution in [0.3, 0.4) is 0 Å². The first-order chi connectivity index (χ1) is 8.95. The second-order valence-corrected chi connectivity index (χ2v) is 7.86. The van der Waals surface area contributed by atoms with Gasteiger partial charge in [0.15, 0.2) is 0 Å². The lowest BCUT2D eigenvalue weighted by molar-refractivity contribution is -0.137. The fourth-order valence-corrected chi connectivity index (χ4v) is 3.12. The lowest BCUT2D eigenvalue weighted by Gasteiger charge is -2.34. The maximum atomic E-state index is 10.8. The molecule has 1 fully saturated rings. The van der Waals surface area contributed by atoms with E-state index < -0.39 is 12.1 Å². The van der Waals surface area contributed by atoms with Crippen molar-refractivity contribution in [1.82, 2.24) is 0 Å². The van der Waals surface area contributed by atoms with Gasteiger partial charge in [-0.25, -0.2) is 0 Å². The Hall–Kier alpha value is -0.610. The Morgan fingerprint density at radius 1 is 1.35 bits per heavy atom. The number of aliphatic carboxylic acids is 1. The van der Waals surface area contributed by atoms with Crippen molar-refractivity contribution in [1.29, 1.82) is 0 Å². The van der Waals surface area contributed by atoms with Crippen LogP contribution in [-0.2, 0) is 9.53 Å².